The van der Waals surface area contributed by atoms with Crippen LogP contribution in [-0.4, -0.2) is 6.16 Å². The maximum absolute atomic E-state index is 2.37. The molecule has 0 unspecified atom stereocenters. The van der Waals surface area contributed by atoms with Gasteiger partial charge in [-0.05, 0) is 49.2 Å². The Hall–Kier alpha value is -1.43. The van der Waals surface area contributed by atoms with E-state index in [4.69, 9.17) is 0 Å². The van der Waals surface area contributed by atoms with Gasteiger partial charge in [0.15, 0.2) is 0 Å². The lowest BCUT2D eigenvalue weighted by Crippen LogP contribution is -3.00. The highest BCUT2D eigenvalue weighted by molar-refractivity contribution is 7.95. The molecule has 0 aliphatic rings. The van der Waals surface area contributed by atoms with E-state index >= 15 is 0 Å². The standard InChI is InChI=1S/C34H48P.BrH/c1-2-3-4-5-6-7-8-9-10-11-12-13-14-24-31-35(32-25-18-15-19-26-32,33-27-20-16-21-28-33)34-29-22-17-23-30-34;/h15-23,25-30H,2-14,24,31H2,1H3;1H/q+1;/p-1. The fraction of sp³-hybridized carbons (Fsp3) is 0.471. The summed E-state index contributed by atoms with van der Waals surface area (Å²) in [6.45, 7) is 2.30. The lowest BCUT2D eigenvalue weighted by Gasteiger charge is -2.27. The Morgan fingerprint density at radius 2 is 0.667 bits per heavy atom. The van der Waals surface area contributed by atoms with Crippen molar-refractivity contribution in [3.63, 3.8) is 0 Å². The van der Waals surface area contributed by atoms with E-state index in [-0.39, 0.29) is 17.0 Å². The van der Waals surface area contributed by atoms with E-state index in [9.17, 15) is 0 Å². The maximum atomic E-state index is 2.37. The van der Waals surface area contributed by atoms with E-state index in [0.29, 0.717) is 0 Å². The van der Waals surface area contributed by atoms with Crippen molar-refractivity contribution < 1.29 is 17.0 Å². The third-order valence-electron chi connectivity index (χ3n) is 7.44. The van der Waals surface area contributed by atoms with Crippen LogP contribution < -0.4 is 32.9 Å². The van der Waals surface area contributed by atoms with E-state index in [1.807, 2.05) is 0 Å². The fourth-order valence-electron chi connectivity index (χ4n) is 5.43. The number of rotatable bonds is 18. The van der Waals surface area contributed by atoms with Crippen molar-refractivity contribution in [2.75, 3.05) is 6.16 Å². The Morgan fingerprint density at radius 1 is 0.389 bits per heavy atom. The van der Waals surface area contributed by atoms with Crippen LogP contribution in [0.1, 0.15) is 96.8 Å². The zero-order valence-electron chi connectivity index (χ0n) is 22.6. The van der Waals surface area contributed by atoms with Crippen LogP contribution in [0.3, 0.4) is 0 Å². The Balaban J connectivity index is 0.00000456. The van der Waals surface area contributed by atoms with Crippen LogP contribution in [0.2, 0.25) is 0 Å². The van der Waals surface area contributed by atoms with Crippen molar-refractivity contribution in [3.05, 3.63) is 91.0 Å². The summed E-state index contributed by atoms with van der Waals surface area (Å²) in [5.41, 5.74) is 0. The molecule has 2 heteroatoms. The first-order chi connectivity index (χ1) is 17.4. The van der Waals surface area contributed by atoms with Gasteiger partial charge in [0.25, 0.3) is 0 Å². The highest BCUT2D eigenvalue weighted by Crippen LogP contribution is 2.56. The lowest BCUT2D eigenvalue weighted by atomic mass is 10.0. The normalized spacial score (nSPS) is 11.2. The molecule has 0 fully saturated rings. The van der Waals surface area contributed by atoms with Crippen molar-refractivity contribution in [2.45, 2.75) is 96.8 Å². The number of hydrogen-bond donors (Lipinski definition) is 0. The average molecular weight is 568 g/mol. The molecule has 0 aliphatic heterocycles. The van der Waals surface area contributed by atoms with E-state index in [0.717, 1.165) is 0 Å². The van der Waals surface area contributed by atoms with Gasteiger partial charge in [-0.3, -0.25) is 0 Å². The van der Waals surface area contributed by atoms with Gasteiger partial charge in [0, 0.05) is 0 Å². The highest BCUT2D eigenvalue weighted by Gasteiger charge is 2.44. The SMILES string of the molecule is CCCCCCCCCCCCCCCC[P+](c1ccccc1)(c1ccccc1)c1ccccc1.[Br-]. The molecule has 0 spiro atoms. The summed E-state index contributed by atoms with van der Waals surface area (Å²) in [5.74, 6) is 0. The smallest absolute Gasteiger partial charge is 0.112 e. The molecule has 0 radical (unpaired) electrons. The zero-order chi connectivity index (χ0) is 24.4. The van der Waals surface area contributed by atoms with Gasteiger partial charge in [0.2, 0.25) is 0 Å². The Bertz CT molecular complexity index is 798. The Labute approximate surface area is 233 Å². The summed E-state index contributed by atoms with van der Waals surface area (Å²) in [7, 11) is -1.64. The molecule has 3 aromatic carbocycles. The Morgan fingerprint density at radius 3 is 0.972 bits per heavy atom. The Kier molecular flexibility index (Phi) is 16.0. The molecule has 0 aliphatic carbocycles. The van der Waals surface area contributed by atoms with Crippen LogP contribution >= 0.6 is 7.26 Å². The molecule has 0 N–H and O–H groups in total. The van der Waals surface area contributed by atoms with E-state index in [1.165, 1.54) is 112 Å². The first-order valence-electron chi connectivity index (χ1n) is 14.4. The molecular weight excluding hydrogens is 519 g/mol. The molecule has 0 nitrogen and oxygen atoms in total. The van der Waals surface area contributed by atoms with Crippen LogP contribution in [0, 0.1) is 0 Å². The van der Waals surface area contributed by atoms with Crippen LogP contribution in [-0.2, 0) is 0 Å². The molecule has 0 saturated carbocycles. The van der Waals surface area contributed by atoms with Crippen LogP contribution in [0.25, 0.3) is 0 Å². The first kappa shape index (κ1) is 30.8. The van der Waals surface area contributed by atoms with Crippen LogP contribution in [0.4, 0.5) is 0 Å². The minimum Gasteiger partial charge on any atom is -1.00 e. The third kappa shape index (κ3) is 9.79. The molecule has 3 aromatic rings. The van der Waals surface area contributed by atoms with Gasteiger partial charge in [0.05, 0.1) is 6.16 Å². The zero-order valence-corrected chi connectivity index (χ0v) is 25.1. The summed E-state index contributed by atoms with van der Waals surface area (Å²) in [6.07, 6.45) is 21.0. The molecule has 0 amide bonds. The molecule has 196 valence electrons. The van der Waals surface area contributed by atoms with Crippen LogP contribution in [0.5, 0.6) is 0 Å². The van der Waals surface area contributed by atoms with Crippen molar-refractivity contribution >= 4 is 23.2 Å². The quantitative estimate of drug-likeness (QED) is 0.122. The fourth-order valence-corrected chi connectivity index (χ4v) is 9.84. The lowest BCUT2D eigenvalue weighted by molar-refractivity contribution is -0.00000718. The van der Waals surface area contributed by atoms with Crippen LogP contribution in [0.15, 0.2) is 91.0 Å². The predicted octanol–water partition coefficient (Wildman–Crippen LogP) is 6.47. The van der Waals surface area contributed by atoms with E-state index < -0.39 is 7.26 Å². The van der Waals surface area contributed by atoms with E-state index in [2.05, 4.69) is 97.9 Å². The monoisotopic (exact) mass is 566 g/mol. The minimum absolute atomic E-state index is 0. The molecule has 36 heavy (non-hydrogen) atoms. The number of halogens is 1. The van der Waals surface area contributed by atoms with Crippen molar-refractivity contribution in [2.24, 2.45) is 0 Å². The van der Waals surface area contributed by atoms with Gasteiger partial charge in [-0.25, -0.2) is 0 Å². The van der Waals surface area contributed by atoms with Gasteiger partial charge < -0.3 is 17.0 Å². The number of benzene rings is 3. The van der Waals surface area contributed by atoms with E-state index in [1.54, 1.807) is 0 Å². The topological polar surface area (TPSA) is 0 Å². The van der Waals surface area contributed by atoms with Gasteiger partial charge >= 0.3 is 0 Å². The second kappa shape index (κ2) is 18.8. The summed E-state index contributed by atoms with van der Waals surface area (Å²) in [4.78, 5) is 0. The predicted molar refractivity (Wildman–Crippen MR) is 160 cm³/mol. The maximum Gasteiger partial charge on any atom is 0.112 e. The molecule has 0 bridgehead atoms. The van der Waals surface area contributed by atoms with Gasteiger partial charge in [0.1, 0.15) is 23.2 Å². The highest BCUT2D eigenvalue weighted by atomic mass is 79.9. The summed E-state index contributed by atoms with van der Waals surface area (Å²) >= 11 is 0. The van der Waals surface area contributed by atoms with Gasteiger partial charge in [-0.2, -0.15) is 0 Å². The molecule has 0 saturated heterocycles. The van der Waals surface area contributed by atoms with Gasteiger partial charge in [-0.1, -0.05) is 139 Å². The summed E-state index contributed by atoms with van der Waals surface area (Å²) < 4.78 is 0. The molecule has 3 rings (SSSR count). The number of hydrogen-bond acceptors (Lipinski definition) is 0. The van der Waals surface area contributed by atoms with Crippen molar-refractivity contribution in [3.8, 4) is 0 Å². The average Bonchev–Trinajstić information content (AvgIpc) is 2.93. The largest absolute Gasteiger partial charge is 1.00 e. The number of unbranched alkanes of at least 4 members (excludes halogenated alkanes) is 13. The van der Waals surface area contributed by atoms with Crippen molar-refractivity contribution in [1.29, 1.82) is 0 Å². The van der Waals surface area contributed by atoms with Crippen molar-refractivity contribution in [1.82, 2.24) is 0 Å². The van der Waals surface area contributed by atoms with Gasteiger partial charge in [-0.15, -0.1) is 0 Å². The summed E-state index contributed by atoms with van der Waals surface area (Å²) in [6, 6.07) is 34.0. The molecule has 0 atom stereocenters. The summed E-state index contributed by atoms with van der Waals surface area (Å²) in [5, 5.41) is 4.56. The third-order valence-corrected chi connectivity index (χ3v) is 12.0. The minimum atomic E-state index is -1.64. The molecular formula is C34H48BrP. The second-order valence-corrected chi connectivity index (χ2v) is 13.8. The second-order valence-electron chi connectivity index (χ2n) is 10.1. The molecule has 0 aromatic heterocycles. The molecule has 0 heterocycles. The first-order valence-corrected chi connectivity index (χ1v) is 16.4.